The minimum atomic E-state index is -0.720. The van der Waals surface area contributed by atoms with Crippen LogP contribution < -0.4 is 0 Å². The summed E-state index contributed by atoms with van der Waals surface area (Å²) in [6.45, 7) is 16.0. The molecule has 3 heterocycles. The molecule has 1 N–H and O–H groups in total. The molecule has 196 valence electrons. The van der Waals surface area contributed by atoms with Crippen LogP contribution in [0.2, 0.25) is 0 Å². The molecule has 7 nitrogen and oxygen atoms in total. The van der Waals surface area contributed by atoms with Gasteiger partial charge in [0.1, 0.15) is 12.6 Å². The second-order valence-corrected chi connectivity index (χ2v) is 12.2. The van der Waals surface area contributed by atoms with Crippen molar-refractivity contribution >= 4 is 29.5 Å². The lowest BCUT2D eigenvalue weighted by Gasteiger charge is -2.41. The summed E-state index contributed by atoms with van der Waals surface area (Å²) in [4.78, 5) is 45.0. The number of likely N-dealkylation sites (tertiary alicyclic amines) is 1. The number of esters is 1. The number of amides is 2. The average Bonchev–Trinajstić information content (AvgIpc) is 3.46. The lowest BCUT2D eigenvalue weighted by Crippen LogP contribution is -2.59. The van der Waals surface area contributed by atoms with Crippen LogP contribution >= 0.6 is 11.8 Å². The molecule has 0 aromatic carbocycles. The van der Waals surface area contributed by atoms with Crippen molar-refractivity contribution in [1.82, 2.24) is 9.80 Å². The zero-order chi connectivity index (χ0) is 25.9. The third kappa shape index (κ3) is 4.93. The van der Waals surface area contributed by atoms with Gasteiger partial charge in [-0.15, -0.1) is 18.3 Å². The summed E-state index contributed by atoms with van der Waals surface area (Å²) in [6.07, 6.45) is 7.08. The molecule has 3 aliphatic rings. The molecule has 2 amide bonds. The number of thioether (sulfide) groups is 1. The van der Waals surface area contributed by atoms with Gasteiger partial charge in [-0.05, 0) is 38.5 Å². The quantitative estimate of drug-likeness (QED) is 0.304. The Bertz CT molecular complexity index is 832. The molecule has 3 rings (SSSR count). The maximum Gasteiger partial charge on any atom is 0.311 e. The SMILES string of the molecule is C=CCOC(=O)[C@@H]1[C@H]2C(=O)N([C@@H](CO)CC(C)C)C(C(=O)N(CC=C)C(C)CCC)C23CC[C@H]1S3. The molecule has 35 heavy (non-hydrogen) atoms. The van der Waals surface area contributed by atoms with Gasteiger partial charge < -0.3 is 19.6 Å². The van der Waals surface area contributed by atoms with Gasteiger partial charge >= 0.3 is 5.97 Å². The summed E-state index contributed by atoms with van der Waals surface area (Å²) in [5, 5.41) is 10.3. The van der Waals surface area contributed by atoms with E-state index in [1.807, 2.05) is 25.7 Å². The first-order valence-corrected chi connectivity index (χ1v) is 13.9. The highest BCUT2D eigenvalue weighted by molar-refractivity contribution is 8.02. The van der Waals surface area contributed by atoms with E-state index in [0.29, 0.717) is 19.4 Å². The van der Waals surface area contributed by atoms with Crippen LogP contribution in [-0.4, -0.2) is 80.6 Å². The number of fused-ring (bicyclic) bond motifs is 1. The average molecular weight is 507 g/mol. The number of carbonyl (C=O) groups excluding carboxylic acids is 3. The minimum Gasteiger partial charge on any atom is -0.461 e. The second-order valence-electron chi connectivity index (χ2n) is 10.6. The van der Waals surface area contributed by atoms with Crippen molar-refractivity contribution in [2.45, 2.75) is 87.9 Å². The topological polar surface area (TPSA) is 87.1 Å². The molecule has 0 saturated carbocycles. The van der Waals surface area contributed by atoms with Crippen molar-refractivity contribution in [3.05, 3.63) is 25.3 Å². The highest BCUT2D eigenvalue weighted by atomic mass is 32.2. The van der Waals surface area contributed by atoms with E-state index in [1.54, 1.807) is 22.7 Å². The molecule has 0 aromatic heterocycles. The lowest BCUT2D eigenvalue weighted by atomic mass is 9.71. The predicted molar refractivity (Wildman–Crippen MR) is 139 cm³/mol. The Morgan fingerprint density at radius 3 is 2.60 bits per heavy atom. The van der Waals surface area contributed by atoms with Gasteiger partial charge in [0.2, 0.25) is 11.8 Å². The number of ether oxygens (including phenoxy) is 1. The predicted octanol–water partition coefficient (Wildman–Crippen LogP) is 3.42. The molecule has 3 aliphatic heterocycles. The van der Waals surface area contributed by atoms with Gasteiger partial charge in [-0.25, -0.2) is 0 Å². The summed E-state index contributed by atoms with van der Waals surface area (Å²) in [5.41, 5.74) is 0. The molecular formula is C27H42N2O5S. The van der Waals surface area contributed by atoms with Crippen molar-refractivity contribution in [2.24, 2.45) is 17.8 Å². The van der Waals surface area contributed by atoms with Gasteiger partial charge in [-0.3, -0.25) is 14.4 Å². The second kappa shape index (κ2) is 11.5. The Morgan fingerprint density at radius 2 is 2.03 bits per heavy atom. The molecule has 2 bridgehead atoms. The largest absolute Gasteiger partial charge is 0.461 e. The smallest absolute Gasteiger partial charge is 0.311 e. The normalized spacial score (nSPS) is 30.8. The highest BCUT2D eigenvalue weighted by Gasteiger charge is 2.74. The Balaban J connectivity index is 2.08. The maximum absolute atomic E-state index is 14.3. The van der Waals surface area contributed by atoms with Gasteiger partial charge in [-0.2, -0.15) is 0 Å². The van der Waals surface area contributed by atoms with Crippen LogP contribution in [-0.2, 0) is 19.1 Å². The molecule has 0 aliphatic carbocycles. The Labute approximate surface area is 214 Å². The van der Waals surface area contributed by atoms with Crippen molar-refractivity contribution in [3.8, 4) is 0 Å². The number of nitrogens with zero attached hydrogens (tertiary/aromatic N) is 2. The van der Waals surface area contributed by atoms with E-state index >= 15 is 0 Å². The molecule has 8 heteroatoms. The van der Waals surface area contributed by atoms with Gasteiger partial charge in [-0.1, -0.05) is 45.9 Å². The van der Waals surface area contributed by atoms with E-state index in [9.17, 15) is 19.5 Å². The third-order valence-electron chi connectivity index (χ3n) is 7.78. The Kier molecular flexibility index (Phi) is 9.13. The maximum atomic E-state index is 14.3. The van der Waals surface area contributed by atoms with Crippen molar-refractivity contribution in [1.29, 1.82) is 0 Å². The van der Waals surface area contributed by atoms with Crippen LogP contribution in [0.3, 0.4) is 0 Å². The molecule has 3 unspecified atom stereocenters. The fraction of sp³-hybridized carbons (Fsp3) is 0.741. The van der Waals surface area contributed by atoms with Gasteiger partial charge in [0.15, 0.2) is 0 Å². The Morgan fingerprint density at radius 1 is 1.31 bits per heavy atom. The number of aliphatic hydroxyl groups is 1. The first-order valence-electron chi connectivity index (χ1n) is 13.0. The van der Waals surface area contributed by atoms with E-state index in [4.69, 9.17) is 4.74 Å². The van der Waals surface area contributed by atoms with Crippen LogP contribution in [0.1, 0.15) is 59.8 Å². The summed E-state index contributed by atoms with van der Waals surface area (Å²) in [5.74, 6) is -1.65. The van der Waals surface area contributed by atoms with Crippen LogP contribution in [0, 0.1) is 17.8 Å². The van der Waals surface area contributed by atoms with Crippen LogP contribution in [0.25, 0.3) is 0 Å². The fourth-order valence-corrected chi connectivity index (χ4v) is 8.63. The van der Waals surface area contributed by atoms with Gasteiger partial charge in [0, 0.05) is 17.8 Å². The zero-order valence-corrected chi connectivity index (χ0v) is 22.5. The van der Waals surface area contributed by atoms with E-state index in [2.05, 4.69) is 20.1 Å². The summed E-state index contributed by atoms with van der Waals surface area (Å²) in [6, 6.07) is -1.21. The lowest BCUT2D eigenvalue weighted by molar-refractivity contribution is -0.153. The Hall–Kier alpha value is -1.80. The molecule has 0 aromatic rings. The molecule has 7 atom stereocenters. The summed E-state index contributed by atoms with van der Waals surface area (Å²) >= 11 is 1.63. The third-order valence-corrected chi connectivity index (χ3v) is 9.73. The minimum absolute atomic E-state index is 0.00691. The van der Waals surface area contributed by atoms with Gasteiger partial charge in [0.25, 0.3) is 0 Å². The highest BCUT2D eigenvalue weighted by Crippen LogP contribution is 2.67. The van der Waals surface area contributed by atoms with Crippen molar-refractivity contribution < 1.29 is 24.2 Å². The van der Waals surface area contributed by atoms with Crippen LogP contribution in [0.4, 0.5) is 0 Å². The first-order chi connectivity index (χ1) is 16.7. The van der Waals surface area contributed by atoms with E-state index in [-0.39, 0.29) is 48.2 Å². The standard InChI is InChI=1S/C27H42N2O5S/c1-7-10-18(6)28(13-8-2)25(32)23-27-12-11-20(35-27)21(26(33)34-14-9-3)22(27)24(31)29(23)19(16-30)15-17(4)5/h8-9,17-23,30H,2-3,7,10-16H2,1,4-6H3/t18?,19-,20-,21+,22+,23?,27?/m1/s1. The van der Waals surface area contributed by atoms with E-state index in [0.717, 1.165) is 19.3 Å². The fourth-order valence-electron chi connectivity index (χ4n) is 6.45. The number of rotatable bonds is 13. The number of hydrogen-bond acceptors (Lipinski definition) is 6. The van der Waals surface area contributed by atoms with Crippen molar-refractivity contribution in [2.75, 3.05) is 19.8 Å². The van der Waals surface area contributed by atoms with E-state index < -0.39 is 28.7 Å². The molecule has 3 saturated heterocycles. The molecule has 0 radical (unpaired) electrons. The molecule has 1 spiro atoms. The number of hydrogen-bond donors (Lipinski definition) is 1. The summed E-state index contributed by atoms with van der Waals surface area (Å²) in [7, 11) is 0. The number of carbonyl (C=O) groups is 3. The van der Waals surface area contributed by atoms with Crippen LogP contribution in [0.5, 0.6) is 0 Å². The first kappa shape index (κ1) is 27.8. The van der Waals surface area contributed by atoms with Gasteiger partial charge in [0.05, 0.1) is 29.2 Å². The molecule has 3 fully saturated rings. The molecular weight excluding hydrogens is 464 g/mol. The monoisotopic (exact) mass is 506 g/mol. The summed E-state index contributed by atoms with van der Waals surface area (Å²) < 4.78 is 4.73. The van der Waals surface area contributed by atoms with Crippen LogP contribution in [0.15, 0.2) is 25.3 Å². The van der Waals surface area contributed by atoms with E-state index in [1.165, 1.54) is 6.08 Å². The zero-order valence-electron chi connectivity index (χ0n) is 21.7. The number of aliphatic hydroxyl groups excluding tert-OH is 1. The van der Waals surface area contributed by atoms with Crippen molar-refractivity contribution in [3.63, 3.8) is 0 Å².